The average molecular weight is 241 g/mol. The van der Waals surface area contributed by atoms with Crippen molar-refractivity contribution in [2.75, 3.05) is 0 Å². The van der Waals surface area contributed by atoms with Crippen molar-refractivity contribution < 1.29 is 4.79 Å². The summed E-state index contributed by atoms with van der Waals surface area (Å²) in [6.07, 6.45) is 0.570. The fourth-order valence-electron chi connectivity index (χ4n) is 1.16. The molecule has 0 heterocycles. The number of carbonyl (C=O) groups excluding carboxylic acids is 1. The van der Waals surface area contributed by atoms with Gasteiger partial charge in [-0.2, -0.15) is 0 Å². The van der Waals surface area contributed by atoms with Crippen molar-refractivity contribution >= 4 is 21.7 Å². The van der Waals surface area contributed by atoms with Crippen molar-refractivity contribution in [2.45, 2.75) is 25.1 Å². The third-order valence-corrected chi connectivity index (χ3v) is 2.52. The molecule has 0 aromatic heterocycles. The first-order valence-corrected chi connectivity index (χ1v) is 5.34. The zero-order valence-corrected chi connectivity index (χ0v) is 9.47. The van der Waals surface area contributed by atoms with Gasteiger partial charge in [0.25, 0.3) is 0 Å². The number of hydrogen-bond acceptors (Lipinski definition) is 1. The minimum absolute atomic E-state index is 0.204. The lowest BCUT2D eigenvalue weighted by Crippen LogP contribution is -1.97. The molecule has 0 saturated heterocycles. The van der Waals surface area contributed by atoms with Gasteiger partial charge in [-0.25, -0.2) is 0 Å². The van der Waals surface area contributed by atoms with E-state index >= 15 is 0 Å². The minimum atomic E-state index is 0.204. The molecule has 0 amide bonds. The average Bonchev–Trinajstić information content (AvgIpc) is 2.17. The monoisotopic (exact) mass is 240 g/mol. The molecule has 1 unspecified atom stereocenters. The Balaban J connectivity index is 2.98. The van der Waals surface area contributed by atoms with Gasteiger partial charge in [0.1, 0.15) is 0 Å². The second-order valence-corrected chi connectivity index (χ2v) is 4.39. The van der Waals surface area contributed by atoms with Crippen LogP contribution in [0.4, 0.5) is 0 Å². The van der Waals surface area contributed by atoms with Gasteiger partial charge in [-0.05, 0) is 18.6 Å². The first-order valence-electron chi connectivity index (χ1n) is 4.42. The summed E-state index contributed by atoms with van der Waals surface area (Å²) < 4.78 is 0. The van der Waals surface area contributed by atoms with Crippen molar-refractivity contribution in [3.05, 3.63) is 35.4 Å². The fourth-order valence-corrected chi connectivity index (χ4v) is 1.45. The van der Waals surface area contributed by atoms with Crippen molar-refractivity contribution in [1.29, 1.82) is 0 Å². The number of carbonyl (C=O) groups is 1. The number of hydrogen-bond donors (Lipinski definition) is 0. The van der Waals surface area contributed by atoms with Gasteiger partial charge in [-0.1, -0.05) is 41.1 Å². The fraction of sp³-hybridized carbons (Fsp3) is 0.364. The van der Waals surface area contributed by atoms with E-state index in [4.69, 9.17) is 0 Å². The van der Waals surface area contributed by atoms with Crippen LogP contribution in [-0.4, -0.2) is 5.78 Å². The molecule has 0 aliphatic heterocycles. The molecule has 70 valence electrons. The zero-order chi connectivity index (χ0) is 9.84. The summed E-state index contributed by atoms with van der Waals surface area (Å²) in [5.74, 6) is 0.204. The van der Waals surface area contributed by atoms with Gasteiger partial charge in [-0.15, -0.1) is 0 Å². The summed E-state index contributed by atoms with van der Waals surface area (Å²) >= 11 is 3.48. The quantitative estimate of drug-likeness (QED) is 0.582. The van der Waals surface area contributed by atoms with Crippen LogP contribution in [0, 0.1) is 0 Å². The van der Waals surface area contributed by atoms with Crippen LogP contribution >= 0.6 is 15.9 Å². The van der Waals surface area contributed by atoms with Gasteiger partial charge in [0.05, 0.1) is 0 Å². The Kier molecular flexibility index (Phi) is 3.67. The molecule has 0 radical (unpaired) electrons. The van der Waals surface area contributed by atoms with E-state index in [0.717, 1.165) is 11.1 Å². The first kappa shape index (κ1) is 10.5. The molecule has 1 aromatic carbocycles. The Hall–Kier alpha value is -0.630. The molecule has 13 heavy (non-hydrogen) atoms. The third-order valence-electron chi connectivity index (χ3n) is 1.99. The summed E-state index contributed by atoms with van der Waals surface area (Å²) in [6, 6.07) is 7.76. The molecule has 0 spiro atoms. The molecule has 1 aromatic rings. The molecule has 1 rings (SSSR count). The number of rotatable bonds is 3. The Bertz CT molecular complexity index is 305. The lowest BCUT2D eigenvalue weighted by Gasteiger charge is -2.05. The smallest absolute Gasteiger partial charge is 0.162 e. The van der Waals surface area contributed by atoms with Gasteiger partial charge in [0.15, 0.2) is 5.78 Å². The highest BCUT2D eigenvalue weighted by Gasteiger charge is 2.05. The van der Waals surface area contributed by atoms with E-state index in [0.29, 0.717) is 11.2 Å². The standard InChI is InChI=1S/C11H13BrO/c1-3-11(13)10-6-4-5-9(7-10)8(2)12/h4-8H,3H2,1-2H3. The topological polar surface area (TPSA) is 17.1 Å². The van der Waals surface area contributed by atoms with Gasteiger partial charge >= 0.3 is 0 Å². The molecule has 0 bridgehead atoms. The second kappa shape index (κ2) is 4.56. The molecular weight excluding hydrogens is 228 g/mol. The van der Waals surface area contributed by atoms with Crippen LogP contribution in [0.1, 0.15) is 41.0 Å². The molecule has 0 saturated carbocycles. The van der Waals surface area contributed by atoms with Crippen LogP contribution in [0.25, 0.3) is 0 Å². The molecular formula is C11H13BrO. The molecule has 0 fully saturated rings. The predicted molar refractivity (Wildman–Crippen MR) is 58.4 cm³/mol. The highest BCUT2D eigenvalue weighted by molar-refractivity contribution is 9.09. The molecule has 1 nitrogen and oxygen atoms in total. The zero-order valence-electron chi connectivity index (χ0n) is 7.88. The summed E-state index contributed by atoms with van der Waals surface area (Å²) in [5, 5.41) is 0. The summed E-state index contributed by atoms with van der Waals surface area (Å²) in [6.45, 7) is 3.93. The normalized spacial score (nSPS) is 12.5. The Labute approximate surface area is 87.3 Å². The maximum Gasteiger partial charge on any atom is 0.162 e. The van der Waals surface area contributed by atoms with E-state index < -0.39 is 0 Å². The highest BCUT2D eigenvalue weighted by Crippen LogP contribution is 2.22. The molecule has 0 aliphatic rings. The number of halogens is 1. The predicted octanol–water partition coefficient (Wildman–Crippen LogP) is 3.74. The molecule has 1 atom stereocenters. The number of benzene rings is 1. The van der Waals surface area contributed by atoms with Gasteiger partial charge in [0, 0.05) is 16.8 Å². The largest absolute Gasteiger partial charge is 0.294 e. The molecule has 0 aliphatic carbocycles. The van der Waals surface area contributed by atoms with E-state index in [9.17, 15) is 4.79 Å². The third kappa shape index (κ3) is 2.66. The Morgan fingerprint density at radius 1 is 1.54 bits per heavy atom. The highest BCUT2D eigenvalue weighted by atomic mass is 79.9. The number of alkyl halides is 1. The van der Waals surface area contributed by atoms with Gasteiger partial charge < -0.3 is 0 Å². The lowest BCUT2D eigenvalue weighted by molar-refractivity contribution is 0.0988. The Morgan fingerprint density at radius 3 is 2.77 bits per heavy atom. The summed E-state index contributed by atoms with van der Waals surface area (Å²) in [5.41, 5.74) is 1.96. The summed E-state index contributed by atoms with van der Waals surface area (Å²) in [7, 11) is 0. The van der Waals surface area contributed by atoms with Crippen LogP contribution in [-0.2, 0) is 0 Å². The second-order valence-electron chi connectivity index (χ2n) is 3.02. The first-order chi connectivity index (χ1) is 6.15. The van der Waals surface area contributed by atoms with Crippen molar-refractivity contribution in [3.8, 4) is 0 Å². The minimum Gasteiger partial charge on any atom is -0.294 e. The van der Waals surface area contributed by atoms with E-state index in [1.807, 2.05) is 31.2 Å². The van der Waals surface area contributed by atoms with Crippen LogP contribution < -0.4 is 0 Å². The summed E-state index contributed by atoms with van der Waals surface area (Å²) in [4.78, 5) is 11.7. The van der Waals surface area contributed by atoms with Gasteiger partial charge in [-0.3, -0.25) is 4.79 Å². The van der Waals surface area contributed by atoms with Crippen LogP contribution in [0.5, 0.6) is 0 Å². The van der Waals surface area contributed by atoms with E-state index in [-0.39, 0.29) is 5.78 Å². The maximum absolute atomic E-state index is 11.4. The van der Waals surface area contributed by atoms with Crippen LogP contribution in [0.2, 0.25) is 0 Å². The van der Waals surface area contributed by atoms with E-state index in [1.165, 1.54) is 0 Å². The SMILES string of the molecule is CCC(=O)c1cccc(C(C)Br)c1. The maximum atomic E-state index is 11.4. The van der Waals surface area contributed by atoms with Crippen LogP contribution in [0.3, 0.4) is 0 Å². The number of ketones is 1. The molecule has 0 N–H and O–H groups in total. The van der Waals surface area contributed by atoms with Crippen molar-refractivity contribution in [2.24, 2.45) is 0 Å². The van der Waals surface area contributed by atoms with Crippen LogP contribution in [0.15, 0.2) is 24.3 Å². The van der Waals surface area contributed by atoms with Gasteiger partial charge in [0.2, 0.25) is 0 Å². The van der Waals surface area contributed by atoms with E-state index in [2.05, 4.69) is 22.9 Å². The van der Waals surface area contributed by atoms with E-state index in [1.54, 1.807) is 0 Å². The number of Topliss-reactive ketones (excluding diaryl/α,β-unsaturated/α-hetero) is 1. The van der Waals surface area contributed by atoms with Crippen molar-refractivity contribution in [3.63, 3.8) is 0 Å². The van der Waals surface area contributed by atoms with Crippen molar-refractivity contribution in [1.82, 2.24) is 0 Å². The lowest BCUT2D eigenvalue weighted by atomic mass is 10.0. The molecule has 2 heteroatoms. The Morgan fingerprint density at radius 2 is 2.23 bits per heavy atom.